The van der Waals surface area contributed by atoms with Crippen molar-refractivity contribution in [1.82, 2.24) is 4.90 Å². The Kier molecular flexibility index (Phi) is 5.27. The van der Waals surface area contributed by atoms with Gasteiger partial charge in [-0.15, -0.1) is 0 Å². The number of nitriles is 2. The minimum atomic E-state index is -0.203. The molecule has 2 rings (SSSR count). The van der Waals surface area contributed by atoms with Gasteiger partial charge in [-0.1, -0.05) is 18.2 Å². The number of carbonyl (C=O) groups excluding carboxylic acids is 1. The van der Waals surface area contributed by atoms with Crippen LogP contribution in [-0.4, -0.2) is 29.6 Å². The number of hydrogen-bond donors (Lipinski definition) is 0. The van der Waals surface area contributed by atoms with Crippen LogP contribution in [0.1, 0.15) is 6.92 Å². The fourth-order valence-corrected chi connectivity index (χ4v) is 2.06. The predicted molar refractivity (Wildman–Crippen MR) is 87.1 cm³/mol. The van der Waals surface area contributed by atoms with Crippen LogP contribution in [0.25, 0.3) is 0 Å². The van der Waals surface area contributed by atoms with Crippen LogP contribution in [0.2, 0.25) is 0 Å². The molecule has 0 spiro atoms. The van der Waals surface area contributed by atoms with E-state index < -0.39 is 0 Å². The summed E-state index contributed by atoms with van der Waals surface area (Å²) in [5.41, 5.74) is 1.81. The molecule has 6 heteroatoms. The number of anilines is 1. The molecule has 1 aliphatic heterocycles. The molecule has 0 unspecified atom stereocenters. The van der Waals surface area contributed by atoms with Crippen molar-refractivity contribution in [1.29, 1.82) is 10.5 Å². The maximum Gasteiger partial charge on any atom is 0.280 e. The molecule has 0 atom stereocenters. The molecule has 1 aromatic rings. The van der Waals surface area contributed by atoms with Crippen LogP contribution in [0.15, 0.2) is 59.4 Å². The SMILES string of the molecule is CC1=NN(c2ccccc2)C(=O)/C1=C\C=C\N(CC#N)CC#N. The second-order valence-electron chi connectivity index (χ2n) is 4.78. The molecule has 1 heterocycles. The molecule has 6 nitrogen and oxygen atoms in total. The van der Waals surface area contributed by atoms with Crippen LogP contribution < -0.4 is 5.01 Å². The number of para-hydroxylation sites is 1. The average Bonchev–Trinajstić information content (AvgIpc) is 2.84. The third-order valence-corrected chi connectivity index (χ3v) is 3.17. The second-order valence-corrected chi connectivity index (χ2v) is 4.78. The first-order chi connectivity index (χ1) is 11.2. The zero-order valence-corrected chi connectivity index (χ0v) is 12.7. The Morgan fingerprint density at radius 3 is 2.48 bits per heavy atom. The van der Waals surface area contributed by atoms with E-state index in [0.717, 1.165) is 0 Å². The number of carbonyl (C=O) groups is 1. The van der Waals surface area contributed by atoms with Gasteiger partial charge in [0, 0.05) is 6.20 Å². The maximum absolute atomic E-state index is 12.4. The molecule has 114 valence electrons. The number of nitrogens with zero attached hydrogens (tertiary/aromatic N) is 5. The Labute approximate surface area is 134 Å². The van der Waals surface area contributed by atoms with Crippen LogP contribution in [-0.2, 0) is 4.79 Å². The smallest absolute Gasteiger partial charge is 0.280 e. The molecule has 23 heavy (non-hydrogen) atoms. The van der Waals surface area contributed by atoms with Crippen molar-refractivity contribution in [2.24, 2.45) is 5.10 Å². The van der Waals surface area contributed by atoms with Crippen molar-refractivity contribution in [3.05, 3.63) is 54.3 Å². The summed E-state index contributed by atoms with van der Waals surface area (Å²) >= 11 is 0. The van der Waals surface area contributed by atoms with Gasteiger partial charge in [-0.05, 0) is 31.2 Å². The summed E-state index contributed by atoms with van der Waals surface area (Å²) in [4.78, 5) is 14.0. The van der Waals surface area contributed by atoms with Gasteiger partial charge in [0.15, 0.2) is 0 Å². The average molecular weight is 305 g/mol. The van der Waals surface area contributed by atoms with E-state index in [2.05, 4.69) is 5.10 Å². The molecule has 0 fully saturated rings. The summed E-state index contributed by atoms with van der Waals surface area (Å²) in [7, 11) is 0. The van der Waals surface area contributed by atoms with E-state index in [1.54, 1.807) is 30.2 Å². The van der Waals surface area contributed by atoms with Gasteiger partial charge in [-0.2, -0.15) is 20.6 Å². The molecular formula is C17H15N5O. The third-order valence-electron chi connectivity index (χ3n) is 3.17. The van der Waals surface area contributed by atoms with Gasteiger partial charge in [0.1, 0.15) is 13.1 Å². The van der Waals surface area contributed by atoms with E-state index in [0.29, 0.717) is 17.0 Å². The van der Waals surface area contributed by atoms with E-state index in [9.17, 15) is 4.79 Å². The minimum Gasteiger partial charge on any atom is -0.351 e. The van der Waals surface area contributed by atoms with E-state index >= 15 is 0 Å². The van der Waals surface area contributed by atoms with Crippen LogP contribution in [0, 0.1) is 22.7 Å². The first-order valence-electron chi connectivity index (χ1n) is 6.99. The third kappa shape index (κ3) is 3.84. The van der Waals surface area contributed by atoms with Gasteiger partial charge in [0.25, 0.3) is 5.91 Å². The van der Waals surface area contributed by atoms with Gasteiger partial charge < -0.3 is 4.90 Å². The standard InChI is InChI=1S/C17H15N5O/c1-14-16(8-5-11-21(12-9-18)13-10-19)17(23)22(20-14)15-6-3-2-4-7-15/h2-8,11H,12-13H2,1H3/b11-5+,16-8-. The summed E-state index contributed by atoms with van der Waals surface area (Å²) in [6.07, 6.45) is 4.91. The van der Waals surface area contributed by atoms with Crippen molar-refractivity contribution in [2.75, 3.05) is 18.1 Å². The van der Waals surface area contributed by atoms with Crippen molar-refractivity contribution < 1.29 is 4.79 Å². The predicted octanol–water partition coefficient (Wildman–Crippen LogP) is 2.20. The van der Waals surface area contributed by atoms with Crippen LogP contribution in [0.3, 0.4) is 0 Å². The van der Waals surface area contributed by atoms with Gasteiger partial charge in [0.2, 0.25) is 0 Å². The fraction of sp³-hybridized carbons (Fsp3) is 0.176. The molecule has 1 aromatic carbocycles. The number of allylic oxidation sites excluding steroid dienone is 2. The number of rotatable bonds is 5. The fourth-order valence-electron chi connectivity index (χ4n) is 2.06. The van der Waals surface area contributed by atoms with Gasteiger partial charge >= 0.3 is 0 Å². The lowest BCUT2D eigenvalue weighted by Gasteiger charge is -2.11. The number of amides is 1. The normalized spacial score (nSPS) is 15.6. The van der Waals surface area contributed by atoms with Crippen molar-refractivity contribution in [3.63, 3.8) is 0 Å². The molecule has 0 saturated carbocycles. The molecule has 1 amide bonds. The van der Waals surface area contributed by atoms with Crippen LogP contribution in [0.4, 0.5) is 5.69 Å². The minimum absolute atomic E-state index is 0.115. The summed E-state index contributed by atoms with van der Waals surface area (Å²) in [6, 6.07) is 13.2. The lowest BCUT2D eigenvalue weighted by atomic mass is 10.1. The van der Waals surface area contributed by atoms with Gasteiger partial charge in [0.05, 0.1) is 29.1 Å². The summed E-state index contributed by atoms with van der Waals surface area (Å²) < 4.78 is 0. The number of benzene rings is 1. The van der Waals surface area contributed by atoms with E-state index in [1.165, 1.54) is 5.01 Å². The molecule has 1 aliphatic rings. The van der Waals surface area contributed by atoms with E-state index in [4.69, 9.17) is 10.5 Å². The highest BCUT2D eigenvalue weighted by Gasteiger charge is 2.27. The van der Waals surface area contributed by atoms with Crippen molar-refractivity contribution in [2.45, 2.75) is 6.92 Å². The van der Waals surface area contributed by atoms with Gasteiger partial charge in [-0.3, -0.25) is 4.79 Å². The molecule has 0 radical (unpaired) electrons. The summed E-state index contributed by atoms with van der Waals surface area (Å²) in [5, 5.41) is 23.0. The first-order valence-corrected chi connectivity index (χ1v) is 6.99. The van der Waals surface area contributed by atoms with Crippen LogP contribution in [0.5, 0.6) is 0 Å². The Hall–Kier alpha value is -3.38. The molecule has 0 aromatic heterocycles. The number of hydrazone groups is 1. The molecule has 0 bridgehead atoms. The molecule has 0 aliphatic carbocycles. The summed E-state index contributed by atoms with van der Waals surface area (Å²) in [5.74, 6) is -0.203. The first kappa shape index (κ1) is 16.0. The molecular weight excluding hydrogens is 290 g/mol. The zero-order chi connectivity index (χ0) is 16.7. The Bertz CT molecular complexity index is 733. The second kappa shape index (κ2) is 7.58. The lowest BCUT2D eigenvalue weighted by Crippen LogP contribution is -2.21. The molecule has 0 saturated heterocycles. The quantitative estimate of drug-likeness (QED) is 0.616. The largest absolute Gasteiger partial charge is 0.351 e. The van der Waals surface area contributed by atoms with E-state index in [1.807, 2.05) is 42.5 Å². The van der Waals surface area contributed by atoms with Gasteiger partial charge in [-0.25, -0.2) is 0 Å². The van der Waals surface area contributed by atoms with E-state index in [-0.39, 0.29) is 19.0 Å². The molecule has 0 N–H and O–H groups in total. The zero-order valence-electron chi connectivity index (χ0n) is 12.7. The number of hydrogen-bond acceptors (Lipinski definition) is 5. The van der Waals surface area contributed by atoms with Crippen molar-refractivity contribution >= 4 is 17.3 Å². The lowest BCUT2D eigenvalue weighted by molar-refractivity contribution is -0.114. The van der Waals surface area contributed by atoms with Crippen LogP contribution >= 0.6 is 0 Å². The summed E-state index contributed by atoms with van der Waals surface area (Å²) in [6.45, 7) is 2.00. The topological polar surface area (TPSA) is 83.5 Å². The maximum atomic E-state index is 12.4. The highest BCUT2D eigenvalue weighted by Crippen LogP contribution is 2.22. The monoisotopic (exact) mass is 305 g/mol. The Morgan fingerprint density at radius 2 is 1.87 bits per heavy atom. The highest BCUT2D eigenvalue weighted by atomic mass is 16.2. The van der Waals surface area contributed by atoms with Crippen molar-refractivity contribution in [3.8, 4) is 12.1 Å². The highest BCUT2D eigenvalue weighted by molar-refractivity contribution is 6.29. The Morgan fingerprint density at radius 1 is 1.22 bits per heavy atom. The Balaban J connectivity index is 2.15.